The minimum absolute atomic E-state index is 0.0484. The minimum atomic E-state index is -4.28. The third kappa shape index (κ3) is 9.18. The van der Waals surface area contributed by atoms with Crippen LogP contribution in [0.4, 0.5) is 16.4 Å². The minimum Gasteiger partial charge on any atom is -0.493 e. The molecular weight excluding hydrogens is 650 g/mol. The van der Waals surface area contributed by atoms with E-state index in [1.165, 1.54) is 44.0 Å². The lowest BCUT2D eigenvalue weighted by Crippen LogP contribution is -2.17. The molecule has 0 aliphatic carbocycles. The lowest BCUT2D eigenvalue weighted by molar-refractivity contribution is 0.176. The van der Waals surface area contributed by atoms with Gasteiger partial charge in [-0.2, -0.15) is 8.42 Å². The van der Waals surface area contributed by atoms with Crippen molar-refractivity contribution >= 4 is 27.8 Å². The van der Waals surface area contributed by atoms with E-state index >= 15 is 0 Å². The summed E-state index contributed by atoms with van der Waals surface area (Å²) < 4.78 is 52.5. The van der Waals surface area contributed by atoms with Crippen LogP contribution in [0.5, 0.6) is 23.0 Å². The standard InChI is InChI=1S/C34H31N7O7S/c1-23(2)24-14-15-30(38-22-24)49(43,44)41-33-31(48-27-12-5-4-11-26(27)45-3)28(21-25(39-33)32-36-17-10-18-37-32)46-19-8-9-20-47-34(42)40-29-13-6-7-16-35-29/h4-7,10-18,21-23H,19-20H2,1-3H3,(H,39,41)(H,35,40,42). The molecule has 0 radical (unpaired) electrons. The fourth-order valence-electron chi connectivity index (χ4n) is 4.11. The molecule has 4 heterocycles. The Labute approximate surface area is 283 Å². The first-order valence-corrected chi connectivity index (χ1v) is 16.3. The molecule has 49 heavy (non-hydrogen) atoms. The van der Waals surface area contributed by atoms with E-state index in [4.69, 9.17) is 18.9 Å². The molecule has 1 amide bonds. The maximum Gasteiger partial charge on any atom is 0.413 e. The number of para-hydroxylation sites is 2. The van der Waals surface area contributed by atoms with Gasteiger partial charge in [-0.1, -0.05) is 50.0 Å². The Hall–Kier alpha value is -6.27. The van der Waals surface area contributed by atoms with Gasteiger partial charge >= 0.3 is 6.09 Å². The zero-order valence-electron chi connectivity index (χ0n) is 26.7. The summed E-state index contributed by atoms with van der Waals surface area (Å²) >= 11 is 0. The van der Waals surface area contributed by atoms with Crippen molar-refractivity contribution in [1.29, 1.82) is 0 Å². The van der Waals surface area contributed by atoms with Crippen molar-refractivity contribution in [2.45, 2.75) is 24.8 Å². The highest BCUT2D eigenvalue weighted by atomic mass is 32.2. The summed E-state index contributed by atoms with van der Waals surface area (Å²) in [5.41, 5.74) is 1.04. The van der Waals surface area contributed by atoms with Crippen molar-refractivity contribution in [2.24, 2.45) is 0 Å². The number of amides is 1. The number of aromatic nitrogens is 5. The predicted molar refractivity (Wildman–Crippen MR) is 180 cm³/mol. The maximum absolute atomic E-state index is 13.6. The van der Waals surface area contributed by atoms with Gasteiger partial charge in [0, 0.05) is 30.9 Å². The Balaban J connectivity index is 1.47. The van der Waals surface area contributed by atoms with E-state index < -0.39 is 16.1 Å². The molecule has 0 unspecified atom stereocenters. The number of ether oxygens (including phenoxy) is 4. The normalized spacial score (nSPS) is 10.8. The Kier molecular flexibility index (Phi) is 11.1. The Morgan fingerprint density at radius 1 is 0.857 bits per heavy atom. The third-order valence-electron chi connectivity index (χ3n) is 6.54. The van der Waals surface area contributed by atoms with Crippen LogP contribution in [-0.2, 0) is 14.8 Å². The van der Waals surface area contributed by atoms with Gasteiger partial charge < -0.3 is 18.9 Å². The Bertz CT molecular complexity index is 2050. The number of nitrogens with one attached hydrogen (secondary N) is 2. The number of carbonyl (C=O) groups is 1. The molecule has 15 heteroatoms. The van der Waals surface area contributed by atoms with Crippen molar-refractivity contribution in [2.75, 3.05) is 30.4 Å². The van der Waals surface area contributed by atoms with Gasteiger partial charge in [-0.15, -0.1) is 0 Å². The maximum atomic E-state index is 13.6. The van der Waals surface area contributed by atoms with E-state index in [1.807, 2.05) is 13.8 Å². The fraction of sp³-hybridized carbons (Fsp3) is 0.176. The summed E-state index contributed by atoms with van der Waals surface area (Å²) in [4.78, 5) is 33.2. The van der Waals surface area contributed by atoms with Crippen molar-refractivity contribution in [1.82, 2.24) is 24.9 Å². The highest BCUT2D eigenvalue weighted by molar-refractivity contribution is 7.92. The van der Waals surface area contributed by atoms with E-state index in [0.717, 1.165) is 5.56 Å². The second kappa shape index (κ2) is 16.0. The number of anilines is 2. The number of hydrogen-bond donors (Lipinski definition) is 2. The van der Waals surface area contributed by atoms with Gasteiger partial charge in [0.05, 0.1) is 7.11 Å². The van der Waals surface area contributed by atoms with E-state index in [1.54, 1.807) is 54.6 Å². The van der Waals surface area contributed by atoms with E-state index in [9.17, 15) is 13.2 Å². The molecule has 0 bridgehead atoms. The van der Waals surface area contributed by atoms with Crippen LogP contribution >= 0.6 is 0 Å². The van der Waals surface area contributed by atoms with Gasteiger partial charge in [0.25, 0.3) is 10.0 Å². The summed E-state index contributed by atoms with van der Waals surface area (Å²) in [5.74, 6) is 6.46. The van der Waals surface area contributed by atoms with Crippen LogP contribution in [0, 0.1) is 11.8 Å². The van der Waals surface area contributed by atoms with Gasteiger partial charge in [0.2, 0.25) is 5.75 Å². The Morgan fingerprint density at radius 2 is 1.59 bits per heavy atom. The van der Waals surface area contributed by atoms with Gasteiger partial charge in [0.1, 0.15) is 18.1 Å². The quantitative estimate of drug-likeness (QED) is 0.154. The smallest absolute Gasteiger partial charge is 0.413 e. The van der Waals surface area contributed by atoms with E-state index in [0.29, 0.717) is 11.6 Å². The van der Waals surface area contributed by atoms with Gasteiger partial charge in [-0.05, 0) is 47.9 Å². The number of sulfonamides is 1. The number of methoxy groups -OCH3 is 1. The molecule has 0 atom stereocenters. The number of nitrogens with zero attached hydrogens (tertiary/aromatic N) is 5. The van der Waals surface area contributed by atoms with Crippen molar-refractivity contribution in [3.8, 4) is 46.4 Å². The fourth-order valence-corrected chi connectivity index (χ4v) is 5.05. The lowest BCUT2D eigenvalue weighted by Gasteiger charge is -2.18. The molecule has 1 aromatic carbocycles. The van der Waals surface area contributed by atoms with Crippen LogP contribution in [0.15, 0.2) is 96.5 Å². The van der Waals surface area contributed by atoms with E-state index in [-0.39, 0.29) is 58.7 Å². The summed E-state index contributed by atoms with van der Waals surface area (Å²) in [6.45, 7) is 3.51. The van der Waals surface area contributed by atoms with Crippen molar-refractivity contribution < 1.29 is 32.2 Å². The van der Waals surface area contributed by atoms with Crippen LogP contribution in [-0.4, -0.2) is 59.8 Å². The largest absolute Gasteiger partial charge is 0.493 e. The molecule has 0 spiro atoms. The van der Waals surface area contributed by atoms with Crippen LogP contribution in [0.1, 0.15) is 25.3 Å². The summed E-state index contributed by atoms with van der Waals surface area (Å²) in [6.07, 6.45) is 5.34. The molecule has 0 aliphatic heterocycles. The van der Waals surface area contributed by atoms with Crippen molar-refractivity contribution in [3.05, 3.63) is 97.1 Å². The first-order chi connectivity index (χ1) is 23.7. The van der Waals surface area contributed by atoms with Crippen LogP contribution < -0.4 is 24.2 Å². The molecule has 0 saturated carbocycles. The first kappa shape index (κ1) is 34.1. The third-order valence-corrected chi connectivity index (χ3v) is 7.80. The molecule has 2 N–H and O–H groups in total. The van der Waals surface area contributed by atoms with Crippen LogP contribution in [0.3, 0.4) is 0 Å². The highest BCUT2D eigenvalue weighted by Gasteiger charge is 2.25. The summed E-state index contributed by atoms with van der Waals surface area (Å²) in [5, 5.41) is 2.25. The molecule has 0 aliphatic rings. The number of carbonyl (C=O) groups excluding carboxylic acids is 1. The van der Waals surface area contributed by atoms with Gasteiger partial charge in [-0.3, -0.25) is 10.0 Å². The van der Waals surface area contributed by atoms with E-state index in [2.05, 4.69) is 46.8 Å². The van der Waals surface area contributed by atoms with Crippen LogP contribution in [0.2, 0.25) is 0 Å². The van der Waals surface area contributed by atoms with Crippen molar-refractivity contribution in [3.63, 3.8) is 0 Å². The SMILES string of the molecule is COc1ccccc1Oc1c(OCC#CCOC(=O)Nc2ccccn2)cc(-c2ncccn2)nc1NS(=O)(=O)c1ccc(C(C)C)cn1. The molecule has 4 aromatic heterocycles. The lowest BCUT2D eigenvalue weighted by atomic mass is 10.1. The van der Waals surface area contributed by atoms with Crippen LogP contribution in [0.25, 0.3) is 11.5 Å². The highest BCUT2D eigenvalue weighted by Crippen LogP contribution is 2.43. The predicted octanol–water partition coefficient (Wildman–Crippen LogP) is 5.68. The van der Waals surface area contributed by atoms with Gasteiger partial charge in [-0.25, -0.2) is 29.7 Å². The second-order valence-corrected chi connectivity index (χ2v) is 11.9. The molecule has 0 fully saturated rings. The monoisotopic (exact) mass is 681 g/mol. The molecule has 250 valence electrons. The number of hydrogen-bond acceptors (Lipinski definition) is 12. The number of pyridine rings is 3. The topological polar surface area (TPSA) is 177 Å². The Morgan fingerprint density at radius 3 is 2.29 bits per heavy atom. The zero-order chi connectivity index (χ0) is 34.6. The summed E-state index contributed by atoms with van der Waals surface area (Å²) in [6, 6.07) is 18.1. The molecular formula is C34H31N7O7S. The second-order valence-electron chi connectivity index (χ2n) is 10.3. The molecule has 5 aromatic rings. The summed E-state index contributed by atoms with van der Waals surface area (Å²) in [7, 11) is -2.81. The van der Waals surface area contributed by atoms with Gasteiger partial charge in [0.15, 0.2) is 40.5 Å². The number of benzene rings is 1. The average molecular weight is 682 g/mol. The molecule has 0 saturated heterocycles. The zero-order valence-corrected chi connectivity index (χ0v) is 27.5. The average Bonchev–Trinajstić information content (AvgIpc) is 3.11. The molecule has 5 rings (SSSR count). The molecule has 14 nitrogen and oxygen atoms in total. The number of rotatable bonds is 12. The first-order valence-electron chi connectivity index (χ1n) is 14.8.